The number of amides is 2. The van der Waals surface area contributed by atoms with Crippen LogP contribution in [-0.4, -0.2) is 52.7 Å². The molecule has 7 heteroatoms. The molecule has 2 fully saturated rings. The van der Waals surface area contributed by atoms with E-state index in [9.17, 15) is 19.5 Å². The number of ether oxygens (including phenoxy) is 1. The average Bonchev–Trinajstić information content (AvgIpc) is 3.39. The van der Waals surface area contributed by atoms with E-state index in [0.29, 0.717) is 25.7 Å². The predicted octanol–water partition coefficient (Wildman–Crippen LogP) is 4.69. The van der Waals surface area contributed by atoms with Crippen LogP contribution in [0.25, 0.3) is 11.1 Å². The van der Waals surface area contributed by atoms with Gasteiger partial charge in [-0.05, 0) is 54.4 Å². The third-order valence-electron chi connectivity index (χ3n) is 8.36. The molecule has 184 valence electrons. The first-order chi connectivity index (χ1) is 16.9. The fraction of sp³-hybridized carbons (Fsp3) is 0.464. The number of hydrogen-bond donors (Lipinski definition) is 2. The monoisotopic (exact) mass is 476 g/mol. The Morgan fingerprint density at radius 1 is 0.943 bits per heavy atom. The maximum absolute atomic E-state index is 13.1. The number of aliphatic carboxylic acids is 1. The summed E-state index contributed by atoms with van der Waals surface area (Å²) in [5.41, 5.74) is 2.82. The summed E-state index contributed by atoms with van der Waals surface area (Å²) < 4.78 is 5.74. The standard InChI is InChI=1S/C28H32N2O5/c1-30(28(25(32)33)15-8-16-28)24(31)17-27(13-6-7-14-27)29-26(34)35-18-23-21-11-4-2-9-19(21)20-10-3-5-12-22(20)23/h2-5,9-12,23H,6-8,13-18H2,1H3,(H,29,34)(H,32,33). The van der Waals surface area contributed by atoms with E-state index in [0.717, 1.165) is 30.4 Å². The van der Waals surface area contributed by atoms with Crippen molar-refractivity contribution < 1.29 is 24.2 Å². The molecule has 2 aromatic carbocycles. The van der Waals surface area contributed by atoms with Crippen LogP contribution in [0.3, 0.4) is 0 Å². The molecule has 0 radical (unpaired) electrons. The second-order valence-electron chi connectivity index (χ2n) is 10.3. The zero-order valence-corrected chi connectivity index (χ0v) is 20.1. The van der Waals surface area contributed by atoms with Gasteiger partial charge in [-0.2, -0.15) is 0 Å². The zero-order chi connectivity index (χ0) is 24.6. The van der Waals surface area contributed by atoms with E-state index in [-0.39, 0.29) is 24.9 Å². The Balaban J connectivity index is 1.25. The van der Waals surface area contributed by atoms with Crippen molar-refractivity contribution in [2.75, 3.05) is 13.7 Å². The molecule has 0 saturated heterocycles. The fourth-order valence-electron chi connectivity index (χ4n) is 6.10. The minimum Gasteiger partial charge on any atom is -0.479 e. The van der Waals surface area contributed by atoms with E-state index in [2.05, 4.69) is 29.6 Å². The first-order valence-electron chi connectivity index (χ1n) is 12.5. The van der Waals surface area contributed by atoms with Gasteiger partial charge >= 0.3 is 12.1 Å². The van der Waals surface area contributed by atoms with E-state index < -0.39 is 23.1 Å². The molecule has 2 amide bonds. The van der Waals surface area contributed by atoms with Gasteiger partial charge in [0.25, 0.3) is 0 Å². The van der Waals surface area contributed by atoms with Crippen LogP contribution in [0.15, 0.2) is 48.5 Å². The van der Waals surface area contributed by atoms with Gasteiger partial charge in [0.1, 0.15) is 12.1 Å². The number of hydrogen-bond acceptors (Lipinski definition) is 4. The molecule has 0 spiro atoms. The normalized spacial score (nSPS) is 19.2. The SMILES string of the molecule is CN(C(=O)CC1(NC(=O)OCC2c3ccccc3-c3ccccc32)CCCC1)C1(C(=O)O)CCC1. The Morgan fingerprint density at radius 2 is 1.51 bits per heavy atom. The number of carboxylic acid groups (broad SMARTS) is 1. The van der Waals surface area contributed by atoms with Gasteiger partial charge in [-0.3, -0.25) is 4.79 Å². The highest BCUT2D eigenvalue weighted by molar-refractivity contribution is 5.88. The molecule has 2 saturated carbocycles. The van der Waals surface area contributed by atoms with Crippen LogP contribution in [0.2, 0.25) is 0 Å². The van der Waals surface area contributed by atoms with Crippen molar-refractivity contribution in [1.82, 2.24) is 10.2 Å². The highest BCUT2D eigenvalue weighted by atomic mass is 16.5. The van der Waals surface area contributed by atoms with Crippen LogP contribution < -0.4 is 5.32 Å². The van der Waals surface area contributed by atoms with Crippen LogP contribution in [0.1, 0.15) is 68.4 Å². The predicted molar refractivity (Wildman–Crippen MR) is 131 cm³/mol. The number of fused-ring (bicyclic) bond motifs is 3. The van der Waals surface area contributed by atoms with Crippen molar-refractivity contribution >= 4 is 18.0 Å². The summed E-state index contributed by atoms with van der Waals surface area (Å²) in [6, 6.07) is 16.4. The summed E-state index contributed by atoms with van der Waals surface area (Å²) in [5, 5.41) is 12.7. The van der Waals surface area contributed by atoms with E-state index in [1.807, 2.05) is 24.3 Å². The summed E-state index contributed by atoms with van der Waals surface area (Å²) in [6.07, 6.45) is 4.47. The molecular weight excluding hydrogens is 444 g/mol. The molecule has 7 nitrogen and oxygen atoms in total. The van der Waals surface area contributed by atoms with Gasteiger partial charge in [0.15, 0.2) is 0 Å². The summed E-state index contributed by atoms with van der Waals surface area (Å²) in [5.74, 6) is -1.23. The van der Waals surface area contributed by atoms with Gasteiger partial charge in [0.2, 0.25) is 5.91 Å². The average molecular weight is 477 g/mol. The third-order valence-corrected chi connectivity index (χ3v) is 8.36. The number of benzene rings is 2. The molecule has 0 bridgehead atoms. The zero-order valence-electron chi connectivity index (χ0n) is 20.1. The Hall–Kier alpha value is -3.35. The van der Waals surface area contributed by atoms with Crippen molar-refractivity contribution in [2.45, 2.75) is 68.4 Å². The molecule has 0 heterocycles. The molecule has 5 rings (SSSR count). The first-order valence-corrected chi connectivity index (χ1v) is 12.5. The first kappa shape index (κ1) is 23.4. The third kappa shape index (κ3) is 4.07. The van der Waals surface area contributed by atoms with Crippen molar-refractivity contribution in [1.29, 1.82) is 0 Å². The second kappa shape index (κ2) is 9.02. The molecule has 3 aliphatic rings. The number of nitrogens with one attached hydrogen (secondary N) is 1. The van der Waals surface area contributed by atoms with E-state index in [1.54, 1.807) is 7.05 Å². The van der Waals surface area contributed by atoms with Crippen molar-refractivity contribution in [2.24, 2.45) is 0 Å². The van der Waals surface area contributed by atoms with E-state index in [1.165, 1.54) is 16.0 Å². The second-order valence-corrected chi connectivity index (χ2v) is 10.3. The lowest BCUT2D eigenvalue weighted by molar-refractivity contribution is -0.164. The Morgan fingerprint density at radius 3 is 2.03 bits per heavy atom. The molecular formula is C28H32N2O5. The number of carboxylic acids is 1. The fourth-order valence-corrected chi connectivity index (χ4v) is 6.10. The highest BCUT2D eigenvalue weighted by Gasteiger charge is 2.51. The van der Waals surface area contributed by atoms with Gasteiger partial charge in [-0.1, -0.05) is 61.4 Å². The molecule has 0 aliphatic heterocycles. The van der Waals surface area contributed by atoms with Crippen molar-refractivity contribution in [3.63, 3.8) is 0 Å². The Kier molecular flexibility index (Phi) is 6.03. The number of rotatable bonds is 7. The largest absolute Gasteiger partial charge is 0.479 e. The lowest BCUT2D eigenvalue weighted by Gasteiger charge is -2.45. The molecule has 2 aromatic rings. The summed E-state index contributed by atoms with van der Waals surface area (Å²) in [7, 11) is 1.57. The van der Waals surface area contributed by atoms with Gasteiger partial charge in [-0.25, -0.2) is 9.59 Å². The van der Waals surface area contributed by atoms with Crippen LogP contribution in [0.5, 0.6) is 0 Å². The highest BCUT2D eigenvalue weighted by Crippen LogP contribution is 2.45. The minimum absolute atomic E-state index is 0.0329. The molecule has 2 N–H and O–H groups in total. The van der Waals surface area contributed by atoms with Gasteiger partial charge in [0.05, 0.1) is 12.0 Å². The lowest BCUT2D eigenvalue weighted by Crippen LogP contribution is -2.61. The van der Waals surface area contributed by atoms with Crippen molar-refractivity contribution in [3.05, 3.63) is 59.7 Å². The van der Waals surface area contributed by atoms with E-state index >= 15 is 0 Å². The van der Waals surface area contributed by atoms with Crippen LogP contribution in [0.4, 0.5) is 4.79 Å². The van der Waals surface area contributed by atoms with Crippen LogP contribution in [-0.2, 0) is 14.3 Å². The number of likely N-dealkylation sites (N-methyl/N-ethyl adjacent to an activating group) is 1. The van der Waals surface area contributed by atoms with Crippen LogP contribution in [0, 0.1) is 0 Å². The summed E-state index contributed by atoms with van der Waals surface area (Å²) in [6.45, 7) is 0.214. The lowest BCUT2D eigenvalue weighted by atomic mass is 9.75. The molecule has 3 aliphatic carbocycles. The quantitative estimate of drug-likeness (QED) is 0.604. The topological polar surface area (TPSA) is 95.9 Å². The smallest absolute Gasteiger partial charge is 0.407 e. The molecule has 0 atom stereocenters. The maximum atomic E-state index is 13.1. The van der Waals surface area contributed by atoms with Gasteiger partial charge in [-0.15, -0.1) is 0 Å². The number of alkyl carbamates (subject to hydrolysis) is 1. The summed E-state index contributed by atoms with van der Waals surface area (Å²) >= 11 is 0. The number of carbonyl (C=O) groups is 3. The molecule has 35 heavy (non-hydrogen) atoms. The number of nitrogens with zero attached hydrogens (tertiary/aromatic N) is 1. The minimum atomic E-state index is -1.11. The molecule has 0 unspecified atom stereocenters. The number of carbonyl (C=O) groups excluding carboxylic acids is 2. The van der Waals surface area contributed by atoms with E-state index in [4.69, 9.17) is 4.74 Å². The maximum Gasteiger partial charge on any atom is 0.407 e. The van der Waals surface area contributed by atoms with Crippen LogP contribution >= 0.6 is 0 Å². The van der Waals surface area contributed by atoms with Gasteiger partial charge in [0, 0.05) is 13.0 Å². The Bertz CT molecular complexity index is 1100. The summed E-state index contributed by atoms with van der Waals surface area (Å²) in [4.78, 5) is 39.3. The van der Waals surface area contributed by atoms with Crippen molar-refractivity contribution in [3.8, 4) is 11.1 Å². The van der Waals surface area contributed by atoms with Gasteiger partial charge < -0.3 is 20.1 Å². The Labute approximate surface area is 205 Å². The molecule has 0 aromatic heterocycles.